The van der Waals surface area contributed by atoms with Crippen LogP contribution in [0.5, 0.6) is 0 Å². The standard InChI is InChI=1S/6C11H14N2O/c3*1-8-3-5-10(6-4-8)13-7-9(2)11(14)12-13;3*1-8-4-3-5-10(6-8)13-7-9(2)11(14)12-13/h6*3-6,9H,7H2,1-2H3,(H,12,14). The normalized spacial score (nSPS) is 21.1. The van der Waals surface area contributed by atoms with Crippen LogP contribution in [0.4, 0.5) is 34.1 Å². The Morgan fingerprint density at radius 3 is 0.583 bits per heavy atom. The first-order chi connectivity index (χ1) is 40.0. The summed E-state index contributed by atoms with van der Waals surface area (Å²) >= 11 is 0. The van der Waals surface area contributed by atoms with Crippen molar-refractivity contribution < 1.29 is 28.8 Å². The predicted molar refractivity (Wildman–Crippen MR) is 335 cm³/mol. The van der Waals surface area contributed by atoms with Gasteiger partial charge < -0.3 is 0 Å². The second-order valence-electron chi connectivity index (χ2n) is 22.9. The molecule has 0 saturated carbocycles. The van der Waals surface area contributed by atoms with E-state index in [2.05, 4.69) is 71.5 Å². The number of aryl methyl sites for hydroxylation is 6. The number of rotatable bonds is 6. The van der Waals surface area contributed by atoms with Gasteiger partial charge in [-0.3, -0.25) is 91.4 Å². The van der Waals surface area contributed by atoms with Crippen LogP contribution in [0.25, 0.3) is 0 Å². The average molecular weight is 1140 g/mol. The zero-order chi connectivity index (χ0) is 60.8. The van der Waals surface area contributed by atoms with Crippen molar-refractivity contribution in [3.05, 3.63) is 179 Å². The van der Waals surface area contributed by atoms with Gasteiger partial charge in [0, 0.05) is 0 Å². The molecule has 6 unspecified atom stereocenters. The molecule has 6 saturated heterocycles. The van der Waals surface area contributed by atoms with Crippen LogP contribution in [-0.4, -0.2) is 74.7 Å². The van der Waals surface area contributed by atoms with E-state index in [9.17, 15) is 28.8 Å². The molecule has 6 aromatic rings. The highest BCUT2D eigenvalue weighted by Crippen LogP contribution is 2.24. The maximum atomic E-state index is 11.3. The highest BCUT2D eigenvalue weighted by Gasteiger charge is 2.31. The third-order valence-electron chi connectivity index (χ3n) is 14.9. The highest BCUT2D eigenvalue weighted by atomic mass is 16.2. The Labute approximate surface area is 495 Å². The molecule has 6 atom stereocenters. The molecular weight excluding hydrogens is 1060 g/mol. The summed E-state index contributed by atoms with van der Waals surface area (Å²) in [5.41, 5.74) is 30.6. The Kier molecular flexibility index (Phi) is 21.4. The smallest absolute Gasteiger partial charge is 0.243 e. The number of carbonyl (C=O) groups is 6. The summed E-state index contributed by atoms with van der Waals surface area (Å²) in [6, 6.07) is 48.8. The van der Waals surface area contributed by atoms with E-state index in [1.165, 1.54) is 33.4 Å². The van der Waals surface area contributed by atoms with Crippen LogP contribution >= 0.6 is 0 Å². The zero-order valence-corrected chi connectivity index (χ0v) is 50.7. The van der Waals surface area contributed by atoms with Crippen molar-refractivity contribution in [2.45, 2.75) is 83.1 Å². The largest absolute Gasteiger partial charge is 0.285 e. The van der Waals surface area contributed by atoms with Gasteiger partial charge in [-0.2, -0.15) is 0 Å². The van der Waals surface area contributed by atoms with Crippen LogP contribution < -0.4 is 62.6 Å². The molecule has 12 rings (SSSR count). The lowest BCUT2D eigenvalue weighted by molar-refractivity contribution is -0.122. The van der Waals surface area contributed by atoms with Gasteiger partial charge in [0.15, 0.2) is 0 Å². The van der Waals surface area contributed by atoms with Gasteiger partial charge in [-0.05, 0) is 131 Å². The number of amides is 6. The van der Waals surface area contributed by atoms with Crippen LogP contribution in [-0.2, 0) is 28.8 Å². The number of nitrogens with zero attached hydrogens (tertiary/aromatic N) is 6. The van der Waals surface area contributed by atoms with E-state index in [0.717, 1.165) is 73.4 Å². The molecule has 6 aromatic carbocycles. The van der Waals surface area contributed by atoms with Gasteiger partial charge in [0.05, 0.1) is 109 Å². The molecule has 0 spiro atoms. The minimum Gasteiger partial charge on any atom is -0.285 e. The summed E-state index contributed by atoms with van der Waals surface area (Å²) in [6.07, 6.45) is 0. The van der Waals surface area contributed by atoms with Gasteiger partial charge >= 0.3 is 0 Å². The molecule has 6 N–H and O–H groups in total. The fourth-order valence-electron chi connectivity index (χ4n) is 9.46. The van der Waals surface area contributed by atoms with Crippen molar-refractivity contribution in [3.8, 4) is 0 Å². The predicted octanol–water partition coefficient (Wildman–Crippen LogP) is 8.89. The molecule has 444 valence electrons. The number of benzene rings is 6. The molecular formula is C66H84N12O6. The SMILES string of the molecule is Cc1ccc(N2CC(C)C(=O)N2)cc1.Cc1ccc(N2CC(C)C(=O)N2)cc1.Cc1ccc(N2CC(C)C(=O)N2)cc1.Cc1cccc(N2CC(C)C(=O)N2)c1.Cc1cccc(N2CC(C)C(=O)N2)c1.Cc1cccc(N2CC(C)C(=O)N2)c1. The maximum Gasteiger partial charge on any atom is 0.243 e. The first-order valence-electron chi connectivity index (χ1n) is 28.9. The van der Waals surface area contributed by atoms with Gasteiger partial charge in [0.25, 0.3) is 0 Å². The van der Waals surface area contributed by atoms with Gasteiger partial charge in [-0.1, -0.05) is 131 Å². The Morgan fingerprint density at radius 2 is 0.429 bits per heavy atom. The molecule has 0 radical (unpaired) electrons. The van der Waals surface area contributed by atoms with Crippen molar-refractivity contribution in [2.75, 3.05) is 69.3 Å². The van der Waals surface area contributed by atoms with E-state index < -0.39 is 0 Å². The minimum atomic E-state index is 0.0792. The summed E-state index contributed by atoms with van der Waals surface area (Å²) in [6.45, 7) is 28.4. The molecule has 6 aliphatic rings. The number of hydrogen-bond acceptors (Lipinski definition) is 12. The first-order valence-corrected chi connectivity index (χ1v) is 28.9. The topological polar surface area (TPSA) is 194 Å². The fraction of sp³-hybridized carbons (Fsp3) is 0.364. The third kappa shape index (κ3) is 17.5. The van der Waals surface area contributed by atoms with Crippen molar-refractivity contribution in [1.29, 1.82) is 0 Å². The fourth-order valence-corrected chi connectivity index (χ4v) is 9.46. The van der Waals surface area contributed by atoms with E-state index in [0.29, 0.717) is 0 Å². The van der Waals surface area contributed by atoms with Crippen LogP contribution in [0, 0.1) is 77.0 Å². The Balaban J connectivity index is 0.000000145. The maximum absolute atomic E-state index is 11.3. The highest BCUT2D eigenvalue weighted by molar-refractivity contribution is 5.87. The molecule has 6 aliphatic heterocycles. The molecule has 0 aliphatic carbocycles. The van der Waals surface area contributed by atoms with Gasteiger partial charge in [-0.15, -0.1) is 0 Å². The second kappa shape index (κ2) is 28.8. The van der Waals surface area contributed by atoms with Crippen molar-refractivity contribution in [2.24, 2.45) is 35.5 Å². The number of hydrazine groups is 6. The zero-order valence-electron chi connectivity index (χ0n) is 50.7. The van der Waals surface area contributed by atoms with E-state index >= 15 is 0 Å². The minimum absolute atomic E-state index is 0.0792. The summed E-state index contributed by atoms with van der Waals surface area (Å²) < 4.78 is 0. The second-order valence-corrected chi connectivity index (χ2v) is 22.9. The summed E-state index contributed by atoms with van der Waals surface area (Å²) in [5.74, 6) is 1.09. The lowest BCUT2D eigenvalue weighted by atomic mass is 10.2. The lowest BCUT2D eigenvalue weighted by Gasteiger charge is -2.17. The van der Waals surface area contributed by atoms with E-state index in [-0.39, 0.29) is 71.0 Å². The molecule has 84 heavy (non-hydrogen) atoms. The third-order valence-corrected chi connectivity index (χ3v) is 14.9. The molecule has 0 bridgehead atoms. The molecule has 18 heteroatoms. The van der Waals surface area contributed by atoms with Crippen LogP contribution in [0.15, 0.2) is 146 Å². The van der Waals surface area contributed by atoms with Crippen LogP contribution in [0.1, 0.15) is 74.9 Å². The molecule has 0 aromatic heterocycles. The van der Waals surface area contributed by atoms with Crippen LogP contribution in [0.3, 0.4) is 0 Å². The van der Waals surface area contributed by atoms with Gasteiger partial charge in [0.1, 0.15) is 0 Å². The summed E-state index contributed by atoms with van der Waals surface area (Å²) in [7, 11) is 0. The number of carbonyl (C=O) groups excluding carboxylic acids is 6. The molecule has 6 amide bonds. The van der Waals surface area contributed by atoms with E-state index in [1.54, 1.807) is 0 Å². The Morgan fingerprint density at radius 1 is 0.250 bits per heavy atom. The van der Waals surface area contributed by atoms with E-state index in [4.69, 9.17) is 0 Å². The molecule has 6 heterocycles. The summed E-state index contributed by atoms with van der Waals surface area (Å²) in [5, 5.41) is 11.4. The van der Waals surface area contributed by atoms with Crippen molar-refractivity contribution in [1.82, 2.24) is 32.6 Å². The first kappa shape index (κ1) is 62.5. The Hall–Kier alpha value is -9.06. The number of nitrogens with one attached hydrogen (secondary N) is 6. The number of hydrogen-bond donors (Lipinski definition) is 6. The quantitative estimate of drug-likeness (QED) is 0.0929. The monoisotopic (exact) mass is 1140 g/mol. The average Bonchev–Trinajstić information content (AvgIpc) is 4.54. The molecule has 6 fully saturated rings. The number of anilines is 6. The van der Waals surface area contributed by atoms with Crippen molar-refractivity contribution >= 4 is 69.6 Å². The lowest BCUT2D eigenvalue weighted by Crippen LogP contribution is -2.32. The van der Waals surface area contributed by atoms with Crippen molar-refractivity contribution in [3.63, 3.8) is 0 Å². The molecule has 18 nitrogen and oxygen atoms in total. The van der Waals surface area contributed by atoms with Gasteiger partial charge in [-0.25, -0.2) is 0 Å². The van der Waals surface area contributed by atoms with Gasteiger partial charge in [0.2, 0.25) is 35.4 Å². The Bertz CT molecular complexity index is 2890. The van der Waals surface area contributed by atoms with Crippen LogP contribution in [0.2, 0.25) is 0 Å². The summed E-state index contributed by atoms with van der Waals surface area (Å²) in [4.78, 5) is 67.7. The van der Waals surface area contributed by atoms with E-state index in [1.807, 2.05) is 220 Å².